The molecule has 0 heterocycles. The molecule has 1 aliphatic carbocycles. The van der Waals surface area contributed by atoms with E-state index in [-0.39, 0.29) is 11.8 Å². The van der Waals surface area contributed by atoms with Gasteiger partial charge in [-0.1, -0.05) is 0 Å². The van der Waals surface area contributed by atoms with Crippen molar-refractivity contribution < 1.29 is 14.7 Å². The molecule has 0 radical (unpaired) electrons. The molecule has 1 fully saturated rings. The minimum atomic E-state index is -1.09. The number of rotatable bonds is 4. The lowest BCUT2D eigenvalue weighted by molar-refractivity contribution is -0.157. The van der Waals surface area contributed by atoms with Gasteiger partial charge in [-0.2, -0.15) is 0 Å². The number of carbonyl (C=O) groups is 2. The fourth-order valence-corrected chi connectivity index (χ4v) is 1.49. The molecule has 0 aliphatic heterocycles. The summed E-state index contributed by atoms with van der Waals surface area (Å²) in [6.45, 7) is 5.40. The number of carbonyl (C=O) groups excluding carboxylic acids is 1. The molecule has 0 spiro atoms. The van der Waals surface area contributed by atoms with E-state index < -0.39 is 11.5 Å². The van der Waals surface area contributed by atoms with Crippen molar-refractivity contribution in [3.63, 3.8) is 0 Å². The van der Waals surface area contributed by atoms with Crippen LogP contribution in [0.4, 0.5) is 0 Å². The second-order valence-electron chi connectivity index (χ2n) is 4.22. The van der Waals surface area contributed by atoms with Gasteiger partial charge in [0, 0.05) is 12.5 Å². The molecule has 0 aromatic rings. The summed E-state index contributed by atoms with van der Waals surface area (Å²) >= 11 is 0. The number of amides is 1. The van der Waals surface area contributed by atoms with Gasteiger partial charge in [-0.15, -0.1) is 0 Å². The maximum Gasteiger partial charge on any atom is 0.329 e. The Hall–Kier alpha value is -1.06. The molecule has 0 unspecified atom stereocenters. The van der Waals surface area contributed by atoms with Gasteiger partial charge in [-0.05, 0) is 33.6 Å². The maximum atomic E-state index is 11.8. The molecule has 0 aromatic carbocycles. The number of hydrogen-bond donors (Lipinski definition) is 1. The first-order valence-electron chi connectivity index (χ1n) is 4.96. The predicted molar refractivity (Wildman–Crippen MR) is 51.8 cm³/mol. The highest BCUT2D eigenvalue weighted by Crippen LogP contribution is 2.33. The molecule has 0 saturated heterocycles. The van der Waals surface area contributed by atoms with Gasteiger partial charge in [0.25, 0.3) is 0 Å². The van der Waals surface area contributed by atoms with Gasteiger partial charge < -0.3 is 10.0 Å². The third-order valence-corrected chi connectivity index (χ3v) is 2.71. The zero-order chi connectivity index (χ0) is 10.9. The van der Waals surface area contributed by atoms with E-state index in [0.717, 1.165) is 12.8 Å². The van der Waals surface area contributed by atoms with Crippen molar-refractivity contribution in [3.8, 4) is 0 Å². The van der Waals surface area contributed by atoms with Gasteiger partial charge in [-0.25, -0.2) is 4.79 Å². The van der Waals surface area contributed by atoms with Gasteiger partial charge >= 0.3 is 5.97 Å². The molecule has 1 amide bonds. The van der Waals surface area contributed by atoms with Crippen LogP contribution in [0.2, 0.25) is 0 Å². The van der Waals surface area contributed by atoms with E-state index in [0.29, 0.717) is 6.54 Å². The van der Waals surface area contributed by atoms with Gasteiger partial charge in [0.1, 0.15) is 5.54 Å². The van der Waals surface area contributed by atoms with E-state index in [2.05, 4.69) is 0 Å². The monoisotopic (exact) mass is 199 g/mol. The summed E-state index contributed by atoms with van der Waals surface area (Å²) in [7, 11) is 0. The molecule has 4 nitrogen and oxygen atoms in total. The van der Waals surface area contributed by atoms with Crippen molar-refractivity contribution >= 4 is 11.9 Å². The Kier molecular flexibility index (Phi) is 2.83. The van der Waals surface area contributed by atoms with Crippen molar-refractivity contribution in [3.05, 3.63) is 0 Å². The lowest BCUT2D eigenvalue weighted by Gasteiger charge is -2.34. The highest BCUT2D eigenvalue weighted by Gasteiger charge is 2.42. The van der Waals surface area contributed by atoms with Gasteiger partial charge in [0.05, 0.1) is 0 Å². The topological polar surface area (TPSA) is 57.6 Å². The van der Waals surface area contributed by atoms with Crippen molar-refractivity contribution in [2.75, 3.05) is 6.54 Å². The van der Waals surface area contributed by atoms with Crippen molar-refractivity contribution in [1.29, 1.82) is 0 Å². The number of hydrogen-bond acceptors (Lipinski definition) is 2. The van der Waals surface area contributed by atoms with Crippen LogP contribution in [0.25, 0.3) is 0 Å². The molecule has 4 heteroatoms. The normalized spacial score (nSPS) is 16.5. The quantitative estimate of drug-likeness (QED) is 0.737. The first kappa shape index (κ1) is 11.0. The largest absolute Gasteiger partial charge is 0.480 e. The fourth-order valence-electron chi connectivity index (χ4n) is 1.49. The Morgan fingerprint density at radius 3 is 2.21 bits per heavy atom. The predicted octanol–water partition coefficient (Wildman–Crippen LogP) is 1.11. The van der Waals surface area contributed by atoms with Crippen molar-refractivity contribution in [2.24, 2.45) is 5.92 Å². The molecule has 80 valence electrons. The highest BCUT2D eigenvalue weighted by molar-refractivity contribution is 5.88. The molecule has 0 atom stereocenters. The molecule has 1 saturated carbocycles. The summed E-state index contributed by atoms with van der Waals surface area (Å²) in [4.78, 5) is 24.2. The van der Waals surface area contributed by atoms with Crippen molar-refractivity contribution in [2.45, 2.75) is 39.2 Å². The highest BCUT2D eigenvalue weighted by atomic mass is 16.4. The van der Waals surface area contributed by atoms with E-state index in [1.165, 1.54) is 4.90 Å². The average Bonchev–Trinajstić information content (AvgIpc) is 2.86. The van der Waals surface area contributed by atoms with Crippen LogP contribution < -0.4 is 0 Å². The third kappa shape index (κ3) is 1.89. The van der Waals surface area contributed by atoms with E-state index in [9.17, 15) is 9.59 Å². The Bertz CT molecular complexity index is 256. The van der Waals surface area contributed by atoms with Crippen molar-refractivity contribution in [1.82, 2.24) is 4.90 Å². The smallest absolute Gasteiger partial charge is 0.329 e. The molecule has 1 N–H and O–H groups in total. The lowest BCUT2D eigenvalue weighted by Crippen LogP contribution is -2.53. The van der Waals surface area contributed by atoms with Crippen LogP contribution in [0.15, 0.2) is 0 Å². The summed E-state index contributed by atoms with van der Waals surface area (Å²) in [6.07, 6.45) is 1.82. The molecule has 14 heavy (non-hydrogen) atoms. The molecule has 0 bridgehead atoms. The van der Waals surface area contributed by atoms with Crippen LogP contribution in [-0.4, -0.2) is 34.0 Å². The SMILES string of the molecule is CCN(C(=O)C1CC1)C(C)(C)C(=O)O. The van der Waals surface area contributed by atoms with Crippen LogP contribution >= 0.6 is 0 Å². The van der Waals surface area contributed by atoms with Gasteiger partial charge in [0.2, 0.25) is 5.91 Å². The Morgan fingerprint density at radius 2 is 1.93 bits per heavy atom. The molecule has 1 rings (SSSR count). The second-order valence-corrected chi connectivity index (χ2v) is 4.22. The summed E-state index contributed by atoms with van der Waals surface area (Å²) in [5, 5.41) is 9.00. The lowest BCUT2D eigenvalue weighted by atomic mass is 10.0. The van der Waals surface area contributed by atoms with Crippen LogP contribution in [0, 0.1) is 5.92 Å². The number of aliphatic carboxylic acids is 1. The average molecular weight is 199 g/mol. The third-order valence-electron chi connectivity index (χ3n) is 2.71. The number of carboxylic acid groups (broad SMARTS) is 1. The molecular weight excluding hydrogens is 182 g/mol. The summed E-state index contributed by atoms with van der Waals surface area (Å²) < 4.78 is 0. The number of likely N-dealkylation sites (N-methyl/N-ethyl adjacent to an activating group) is 1. The minimum absolute atomic E-state index is 0.0140. The zero-order valence-corrected chi connectivity index (χ0v) is 8.91. The standard InChI is InChI=1S/C10H17NO3/c1-4-11(8(12)7-5-6-7)10(2,3)9(13)14/h7H,4-6H2,1-3H3,(H,13,14). The van der Waals surface area contributed by atoms with E-state index in [4.69, 9.17) is 5.11 Å². The van der Waals surface area contributed by atoms with E-state index in [1.54, 1.807) is 13.8 Å². The first-order chi connectivity index (χ1) is 6.41. The molecule has 0 aromatic heterocycles. The van der Waals surface area contributed by atoms with Crippen LogP contribution in [-0.2, 0) is 9.59 Å². The Morgan fingerprint density at radius 1 is 1.43 bits per heavy atom. The van der Waals surface area contributed by atoms with E-state index in [1.807, 2.05) is 6.92 Å². The molecular formula is C10H17NO3. The number of nitrogens with zero attached hydrogens (tertiary/aromatic N) is 1. The van der Waals surface area contributed by atoms with Gasteiger partial charge in [0.15, 0.2) is 0 Å². The van der Waals surface area contributed by atoms with Gasteiger partial charge in [-0.3, -0.25) is 4.79 Å². The molecule has 1 aliphatic rings. The van der Waals surface area contributed by atoms with Crippen LogP contribution in [0.3, 0.4) is 0 Å². The van der Waals surface area contributed by atoms with Crippen LogP contribution in [0.1, 0.15) is 33.6 Å². The Balaban J connectivity index is 2.78. The Labute approximate surface area is 83.9 Å². The van der Waals surface area contributed by atoms with Crippen LogP contribution in [0.5, 0.6) is 0 Å². The summed E-state index contributed by atoms with van der Waals surface area (Å²) in [5.41, 5.74) is -1.09. The summed E-state index contributed by atoms with van der Waals surface area (Å²) in [6, 6.07) is 0. The maximum absolute atomic E-state index is 11.8. The van der Waals surface area contributed by atoms with E-state index >= 15 is 0 Å². The number of carboxylic acids is 1. The zero-order valence-electron chi connectivity index (χ0n) is 8.91. The summed E-state index contributed by atoms with van der Waals surface area (Å²) in [5.74, 6) is -0.887. The first-order valence-corrected chi connectivity index (χ1v) is 4.96. The fraction of sp³-hybridized carbons (Fsp3) is 0.800. The second kappa shape index (κ2) is 3.59. The minimum Gasteiger partial charge on any atom is -0.480 e.